The van der Waals surface area contributed by atoms with Gasteiger partial charge in [-0.05, 0) is 18.8 Å². The summed E-state index contributed by atoms with van der Waals surface area (Å²) in [7, 11) is 0. The summed E-state index contributed by atoms with van der Waals surface area (Å²) in [5.41, 5.74) is 0. The van der Waals surface area contributed by atoms with Crippen LogP contribution in [-0.2, 0) is 9.59 Å². The Bertz CT molecular complexity index is 200. The van der Waals surface area contributed by atoms with Crippen molar-refractivity contribution in [2.75, 3.05) is 0 Å². The van der Waals surface area contributed by atoms with Gasteiger partial charge in [-0.2, -0.15) is 0 Å². The van der Waals surface area contributed by atoms with Gasteiger partial charge in [-0.15, -0.1) is 0 Å². The third-order valence-corrected chi connectivity index (χ3v) is 2.44. The lowest BCUT2D eigenvalue weighted by Crippen LogP contribution is -2.18. The first kappa shape index (κ1) is 12.9. The zero-order chi connectivity index (χ0) is 11.1. The van der Waals surface area contributed by atoms with E-state index in [1.54, 1.807) is 0 Å². The van der Waals surface area contributed by atoms with Crippen LogP contribution < -0.4 is 0 Å². The van der Waals surface area contributed by atoms with Crippen LogP contribution in [0.2, 0.25) is 0 Å². The second-order valence-corrected chi connectivity index (χ2v) is 3.72. The van der Waals surface area contributed by atoms with E-state index < -0.39 is 17.9 Å². The molecule has 4 nitrogen and oxygen atoms in total. The monoisotopic (exact) mass is 202 g/mol. The lowest BCUT2D eigenvalue weighted by molar-refractivity contribution is -0.143. The molecule has 2 unspecified atom stereocenters. The van der Waals surface area contributed by atoms with E-state index >= 15 is 0 Å². The van der Waals surface area contributed by atoms with Crippen molar-refractivity contribution in [3.05, 3.63) is 0 Å². The quantitative estimate of drug-likeness (QED) is 0.662. The Morgan fingerprint density at radius 3 is 2.21 bits per heavy atom. The minimum atomic E-state index is -0.930. The fourth-order valence-corrected chi connectivity index (χ4v) is 1.29. The molecule has 0 fully saturated rings. The fraction of sp³-hybridized carbons (Fsp3) is 0.800. The standard InChI is InChI=1S/C10H18O4/c1-3-7(2)6-8(10(13)14)4-5-9(11)12/h7-8H,3-6H2,1-2H3,(H,11,12)(H,13,14). The predicted octanol–water partition coefficient (Wildman–Crippen LogP) is 1.99. The van der Waals surface area contributed by atoms with E-state index in [0.717, 1.165) is 6.42 Å². The van der Waals surface area contributed by atoms with Crippen molar-refractivity contribution in [3.63, 3.8) is 0 Å². The molecule has 2 atom stereocenters. The number of rotatable bonds is 7. The van der Waals surface area contributed by atoms with Crippen LogP contribution in [0.3, 0.4) is 0 Å². The average molecular weight is 202 g/mol. The Morgan fingerprint density at radius 1 is 1.29 bits per heavy atom. The molecule has 0 aromatic rings. The molecular weight excluding hydrogens is 184 g/mol. The SMILES string of the molecule is CCC(C)CC(CCC(=O)O)C(=O)O. The highest BCUT2D eigenvalue weighted by atomic mass is 16.4. The van der Waals surface area contributed by atoms with Gasteiger partial charge >= 0.3 is 11.9 Å². The molecule has 0 spiro atoms. The van der Waals surface area contributed by atoms with Crippen molar-refractivity contribution in [1.82, 2.24) is 0 Å². The zero-order valence-corrected chi connectivity index (χ0v) is 8.69. The van der Waals surface area contributed by atoms with Crippen LogP contribution in [0.25, 0.3) is 0 Å². The van der Waals surface area contributed by atoms with E-state index in [-0.39, 0.29) is 12.8 Å². The molecule has 0 aliphatic rings. The molecule has 0 bridgehead atoms. The van der Waals surface area contributed by atoms with Gasteiger partial charge in [0, 0.05) is 6.42 Å². The van der Waals surface area contributed by atoms with Crippen LogP contribution >= 0.6 is 0 Å². The van der Waals surface area contributed by atoms with Crippen LogP contribution in [0.1, 0.15) is 39.5 Å². The summed E-state index contributed by atoms with van der Waals surface area (Å²) in [5.74, 6) is -1.99. The number of aliphatic carboxylic acids is 2. The summed E-state index contributed by atoms with van der Waals surface area (Å²) in [6.07, 6.45) is 1.67. The topological polar surface area (TPSA) is 74.6 Å². The summed E-state index contributed by atoms with van der Waals surface area (Å²) >= 11 is 0. The van der Waals surface area contributed by atoms with E-state index in [4.69, 9.17) is 10.2 Å². The highest BCUT2D eigenvalue weighted by Gasteiger charge is 2.20. The zero-order valence-electron chi connectivity index (χ0n) is 8.69. The highest BCUT2D eigenvalue weighted by molar-refractivity contribution is 5.72. The van der Waals surface area contributed by atoms with Crippen molar-refractivity contribution < 1.29 is 19.8 Å². The number of hydrogen-bond donors (Lipinski definition) is 2. The largest absolute Gasteiger partial charge is 0.481 e. The summed E-state index contributed by atoms with van der Waals surface area (Å²) in [5, 5.41) is 17.3. The minimum Gasteiger partial charge on any atom is -0.481 e. The Hall–Kier alpha value is -1.06. The van der Waals surface area contributed by atoms with Crippen molar-refractivity contribution in [2.24, 2.45) is 11.8 Å². The smallest absolute Gasteiger partial charge is 0.306 e. The van der Waals surface area contributed by atoms with E-state index in [1.807, 2.05) is 13.8 Å². The van der Waals surface area contributed by atoms with E-state index in [2.05, 4.69) is 0 Å². The van der Waals surface area contributed by atoms with Gasteiger partial charge in [0.25, 0.3) is 0 Å². The maximum Gasteiger partial charge on any atom is 0.306 e. The molecule has 0 aliphatic heterocycles. The minimum absolute atomic E-state index is 0.0621. The van der Waals surface area contributed by atoms with Crippen molar-refractivity contribution in [2.45, 2.75) is 39.5 Å². The van der Waals surface area contributed by atoms with Crippen LogP contribution in [0, 0.1) is 11.8 Å². The summed E-state index contributed by atoms with van der Waals surface area (Å²) < 4.78 is 0. The summed E-state index contributed by atoms with van der Waals surface area (Å²) in [4.78, 5) is 21.1. The molecule has 0 aromatic carbocycles. The first-order chi connectivity index (χ1) is 6.47. The summed E-state index contributed by atoms with van der Waals surface area (Å²) in [6, 6.07) is 0. The number of hydrogen-bond acceptors (Lipinski definition) is 2. The molecule has 2 N–H and O–H groups in total. The number of carbonyl (C=O) groups is 2. The normalized spacial score (nSPS) is 14.7. The number of carboxylic acid groups (broad SMARTS) is 2. The second-order valence-electron chi connectivity index (χ2n) is 3.72. The van der Waals surface area contributed by atoms with E-state index in [0.29, 0.717) is 12.3 Å². The first-order valence-electron chi connectivity index (χ1n) is 4.92. The lowest BCUT2D eigenvalue weighted by Gasteiger charge is -2.15. The Morgan fingerprint density at radius 2 is 1.86 bits per heavy atom. The molecule has 0 saturated carbocycles. The molecule has 0 rings (SSSR count). The van der Waals surface area contributed by atoms with Crippen LogP contribution in [-0.4, -0.2) is 22.2 Å². The average Bonchev–Trinajstić information content (AvgIpc) is 2.10. The molecule has 0 aliphatic carbocycles. The predicted molar refractivity (Wildman–Crippen MR) is 52.1 cm³/mol. The van der Waals surface area contributed by atoms with Crippen LogP contribution in [0.4, 0.5) is 0 Å². The molecule has 14 heavy (non-hydrogen) atoms. The van der Waals surface area contributed by atoms with Gasteiger partial charge in [-0.1, -0.05) is 20.3 Å². The van der Waals surface area contributed by atoms with Crippen molar-refractivity contribution >= 4 is 11.9 Å². The second kappa shape index (κ2) is 6.40. The van der Waals surface area contributed by atoms with Gasteiger partial charge in [0.15, 0.2) is 0 Å². The Labute approximate surface area is 83.9 Å². The Balaban J connectivity index is 4.02. The maximum absolute atomic E-state index is 10.8. The first-order valence-corrected chi connectivity index (χ1v) is 4.92. The molecule has 0 amide bonds. The molecular formula is C10H18O4. The fourth-order valence-electron chi connectivity index (χ4n) is 1.29. The van der Waals surface area contributed by atoms with Crippen LogP contribution in [0.15, 0.2) is 0 Å². The van der Waals surface area contributed by atoms with E-state index in [1.165, 1.54) is 0 Å². The van der Waals surface area contributed by atoms with Gasteiger partial charge in [0.1, 0.15) is 0 Å². The molecule has 0 saturated heterocycles. The molecule has 0 radical (unpaired) electrons. The van der Waals surface area contributed by atoms with Crippen LogP contribution in [0.5, 0.6) is 0 Å². The van der Waals surface area contributed by atoms with Gasteiger partial charge in [-0.3, -0.25) is 9.59 Å². The third kappa shape index (κ3) is 5.56. The molecule has 4 heteroatoms. The maximum atomic E-state index is 10.8. The van der Waals surface area contributed by atoms with E-state index in [9.17, 15) is 9.59 Å². The van der Waals surface area contributed by atoms with Gasteiger partial charge in [0.2, 0.25) is 0 Å². The lowest BCUT2D eigenvalue weighted by atomic mass is 9.91. The molecule has 0 aromatic heterocycles. The van der Waals surface area contributed by atoms with Gasteiger partial charge in [0.05, 0.1) is 5.92 Å². The van der Waals surface area contributed by atoms with Gasteiger partial charge < -0.3 is 10.2 Å². The highest BCUT2D eigenvalue weighted by Crippen LogP contribution is 2.19. The molecule has 82 valence electrons. The van der Waals surface area contributed by atoms with Crippen molar-refractivity contribution in [3.8, 4) is 0 Å². The summed E-state index contributed by atoms with van der Waals surface area (Å²) in [6.45, 7) is 3.98. The van der Waals surface area contributed by atoms with Gasteiger partial charge in [-0.25, -0.2) is 0 Å². The number of carboxylic acids is 2. The Kier molecular flexibility index (Phi) is 5.92. The molecule has 0 heterocycles. The van der Waals surface area contributed by atoms with Crippen molar-refractivity contribution in [1.29, 1.82) is 0 Å². The third-order valence-electron chi connectivity index (χ3n) is 2.44.